The number of carbonyl (C=O) groups excluding carboxylic acids is 2. The molecule has 0 aliphatic heterocycles. The summed E-state index contributed by atoms with van der Waals surface area (Å²) < 4.78 is 0. The van der Waals surface area contributed by atoms with Crippen LogP contribution in [0.4, 0.5) is 0 Å². The molecule has 0 saturated heterocycles. The van der Waals surface area contributed by atoms with E-state index in [0.29, 0.717) is 6.42 Å². The third kappa shape index (κ3) is 7.73. The van der Waals surface area contributed by atoms with E-state index in [1.807, 2.05) is 6.08 Å². The molecule has 1 unspecified atom stereocenters. The second-order valence-corrected chi connectivity index (χ2v) is 3.50. The van der Waals surface area contributed by atoms with Gasteiger partial charge < -0.3 is 15.2 Å². The maximum absolute atomic E-state index is 10.7. The Bertz CT molecular complexity index is 226. The van der Waals surface area contributed by atoms with E-state index in [2.05, 4.69) is 11.9 Å². The quantitative estimate of drug-likeness (QED) is 0.467. The summed E-state index contributed by atoms with van der Waals surface area (Å²) in [5.74, 6) is -1.55. The van der Waals surface area contributed by atoms with Crippen LogP contribution in [0.2, 0.25) is 0 Å². The van der Waals surface area contributed by atoms with Crippen LogP contribution in [0.1, 0.15) is 39.0 Å². The predicted molar refractivity (Wildman–Crippen MR) is 55.9 cm³/mol. The van der Waals surface area contributed by atoms with Crippen LogP contribution in [0.3, 0.4) is 0 Å². The number of amides is 1. The molecule has 0 saturated carbocycles. The van der Waals surface area contributed by atoms with Gasteiger partial charge in [0.2, 0.25) is 5.91 Å². The maximum atomic E-state index is 10.7. The lowest BCUT2D eigenvalue weighted by Crippen LogP contribution is -2.47. The smallest absolute Gasteiger partial charge is 0.217 e. The highest BCUT2D eigenvalue weighted by atomic mass is 16.4. The van der Waals surface area contributed by atoms with Crippen molar-refractivity contribution < 1.29 is 14.7 Å². The highest BCUT2D eigenvalue weighted by Crippen LogP contribution is 2.05. The van der Waals surface area contributed by atoms with E-state index in [1.165, 1.54) is 6.92 Å². The minimum Gasteiger partial charge on any atom is -0.548 e. The monoisotopic (exact) mass is 212 g/mol. The van der Waals surface area contributed by atoms with Crippen molar-refractivity contribution >= 4 is 11.9 Å². The second-order valence-electron chi connectivity index (χ2n) is 3.50. The zero-order valence-electron chi connectivity index (χ0n) is 9.12. The highest BCUT2D eigenvalue weighted by Gasteiger charge is 2.09. The molecular formula is C11H18NO3-. The molecule has 0 radical (unpaired) electrons. The molecule has 1 atom stereocenters. The number of nitrogens with one attached hydrogen (secondary N) is 1. The molecule has 86 valence electrons. The van der Waals surface area contributed by atoms with Crippen molar-refractivity contribution in [2.75, 3.05) is 0 Å². The molecule has 0 aromatic heterocycles. The van der Waals surface area contributed by atoms with E-state index in [-0.39, 0.29) is 5.91 Å². The molecule has 0 bridgehead atoms. The summed E-state index contributed by atoms with van der Waals surface area (Å²) in [4.78, 5) is 21.3. The number of rotatable bonds is 8. The first-order valence-corrected chi connectivity index (χ1v) is 5.16. The summed E-state index contributed by atoms with van der Waals surface area (Å²) in [5.41, 5.74) is 0. The van der Waals surface area contributed by atoms with Gasteiger partial charge in [0.1, 0.15) is 0 Å². The van der Waals surface area contributed by atoms with Crippen LogP contribution >= 0.6 is 0 Å². The largest absolute Gasteiger partial charge is 0.548 e. The van der Waals surface area contributed by atoms with Gasteiger partial charge in [0, 0.05) is 6.92 Å². The molecular weight excluding hydrogens is 194 g/mol. The Morgan fingerprint density at radius 2 is 2.07 bits per heavy atom. The zero-order valence-corrected chi connectivity index (χ0v) is 9.12. The molecule has 0 spiro atoms. The van der Waals surface area contributed by atoms with Crippen molar-refractivity contribution in [2.24, 2.45) is 0 Å². The summed E-state index contributed by atoms with van der Waals surface area (Å²) in [6.07, 6.45) is 5.92. The van der Waals surface area contributed by atoms with E-state index < -0.39 is 12.0 Å². The van der Waals surface area contributed by atoms with E-state index in [1.54, 1.807) is 0 Å². The fraction of sp³-hybridized carbons (Fsp3) is 0.636. The lowest BCUT2D eigenvalue weighted by Gasteiger charge is -2.18. The minimum atomic E-state index is -1.21. The van der Waals surface area contributed by atoms with Crippen LogP contribution in [-0.4, -0.2) is 17.9 Å². The maximum Gasteiger partial charge on any atom is 0.217 e. The standard InChI is InChI=1S/C11H19NO3/c1-3-4-5-6-7-8-10(11(14)15)12-9(2)13/h3,10H,1,4-8H2,2H3,(H,12,13)(H,14,15)/p-1. The fourth-order valence-electron chi connectivity index (χ4n) is 1.31. The average molecular weight is 212 g/mol. The van der Waals surface area contributed by atoms with Gasteiger partial charge in [-0.05, 0) is 19.3 Å². The molecule has 0 aliphatic rings. The molecule has 0 aromatic carbocycles. The van der Waals surface area contributed by atoms with Crippen LogP contribution in [-0.2, 0) is 9.59 Å². The van der Waals surface area contributed by atoms with Gasteiger partial charge in [0.15, 0.2) is 0 Å². The van der Waals surface area contributed by atoms with Gasteiger partial charge in [0.05, 0.1) is 12.0 Å². The third-order valence-electron chi connectivity index (χ3n) is 2.06. The van der Waals surface area contributed by atoms with Gasteiger partial charge in [-0.25, -0.2) is 0 Å². The minimum absolute atomic E-state index is 0.338. The average Bonchev–Trinajstić information content (AvgIpc) is 2.15. The summed E-state index contributed by atoms with van der Waals surface area (Å²) in [5, 5.41) is 13.0. The van der Waals surface area contributed by atoms with Gasteiger partial charge in [-0.1, -0.05) is 18.9 Å². The highest BCUT2D eigenvalue weighted by molar-refractivity contribution is 5.80. The van der Waals surface area contributed by atoms with E-state index in [9.17, 15) is 14.7 Å². The van der Waals surface area contributed by atoms with Gasteiger partial charge in [-0.3, -0.25) is 4.79 Å². The first-order chi connectivity index (χ1) is 7.07. The fourth-order valence-corrected chi connectivity index (χ4v) is 1.31. The van der Waals surface area contributed by atoms with Gasteiger partial charge in [-0.15, -0.1) is 6.58 Å². The lowest BCUT2D eigenvalue weighted by atomic mass is 10.1. The summed E-state index contributed by atoms with van der Waals surface area (Å²) in [6, 6.07) is -0.855. The lowest BCUT2D eigenvalue weighted by molar-refractivity contribution is -0.308. The van der Waals surface area contributed by atoms with Crippen LogP contribution in [0, 0.1) is 0 Å². The normalized spacial score (nSPS) is 11.8. The molecule has 1 amide bonds. The Labute approximate surface area is 90.4 Å². The van der Waals surface area contributed by atoms with Crippen molar-refractivity contribution in [1.82, 2.24) is 5.32 Å². The van der Waals surface area contributed by atoms with E-state index in [4.69, 9.17) is 0 Å². The number of unbranched alkanes of at least 4 members (excludes halogenated alkanes) is 3. The first kappa shape index (κ1) is 13.7. The Morgan fingerprint density at radius 1 is 1.40 bits per heavy atom. The Hall–Kier alpha value is -1.32. The first-order valence-electron chi connectivity index (χ1n) is 5.16. The molecule has 0 rings (SSSR count). The van der Waals surface area contributed by atoms with Gasteiger partial charge >= 0.3 is 0 Å². The molecule has 4 nitrogen and oxygen atoms in total. The molecule has 4 heteroatoms. The van der Waals surface area contributed by atoms with Crippen LogP contribution in [0.5, 0.6) is 0 Å². The van der Waals surface area contributed by atoms with Crippen molar-refractivity contribution in [3.8, 4) is 0 Å². The molecule has 15 heavy (non-hydrogen) atoms. The van der Waals surface area contributed by atoms with E-state index >= 15 is 0 Å². The molecule has 0 heterocycles. The topological polar surface area (TPSA) is 69.2 Å². The van der Waals surface area contributed by atoms with Gasteiger partial charge in [0.25, 0.3) is 0 Å². The van der Waals surface area contributed by atoms with Crippen molar-refractivity contribution in [2.45, 2.75) is 45.1 Å². The number of aliphatic carboxylic acids is 1. The predicted octanol–water partition coefficient (Wildman–Crippen LogP) is 0.377. The van der Waals surface area contributed by atoms with Crippen molar-refractivity contribution in [3.63, 3.8) is 0 Å². The Morgan fingerprint density at radius 3 is 2.53 bits per heavy atom. The summed E-state index contributed by atoms with van der Waals surface area (Å²) in [6.45, 7) is 4.90. The van der Waals surface area contributed by atoms with Crippen molar-refractivity contribution in [3.05, 3.63) is 12.7 Å². The SMILES string of the molecule is C=CCCCCCC(NC(C)=O)C(=O)[O-]. The number of carbonyl (C=O) groups is 2. The van der Waals surface area contributed by atoms with E-state index in [0.717, 1.165) is 25.7 Å². The van der Waals surface area contributed by atoms with Crippen molar-refractivity contribution in [1.29, 1.82) is 0 Å². The Balaban J connectivity index is 3.71. The summed E-state index contributed by atoms with van der Waals surface area (Å²) in [7, 11) is 0. The summed E-state index contributed by atoms with van der Waals surface area (Å²) >= 11 is 0. The molecule has 1 N–H and O–H groups in total. The molecule has 0 fully saturated rings. The number of allylic oxidation sites excluding steroid dienone is 1. The van der Waals surface area contributed by atoms with Crippen LogP contribution < -0.4 is 10.4 Å². The zero-order chi connectivity index (χ0) is 11.7. The molecule has 0 aromatic rings. The number of hydrogen-bond donors (Lipinski definition) is 1. The number of hydrogen-bond acceptors (Lipinski definition) is 3. The number of carboxylic acids is 1. The Kier molecular flexibility index (Phi) is 7.32. The van der Waals surface area contributed by atoms with Crippen LogP contribution in [0.15, 0.2) is 12.7 Å². The van der Waals surface area contributed by atoms with Crippen LogP contribution in [0.25, 0.3) is 0 Å². The third-order valence-corrected chi connectivity index (χ3v) is 2.06. The molecule has 0 aliphatic carbocycles. The number of carboxylic acid groups (broad SMARTS) is 1. The second kappa shape index (κ2) is 8.03. The van der Waals surface area contributed by atoms with Gasteiger partial charge in [-0.2, -0.15) is 0 Å².